The van der Waals surface area contributed by atoms with Crippen molar-refractivity contribution in [3.63, 3.8) is 0 Å². The predicted molar refractivity (Wildman–Crippen MR) is 62.4 cm³/mol. The molecule has 0 aliphatic heterocycles. The molecule has 1 aromatic rings. The van der Waals surface area contributed by atoms with Gasteiger partial charge in [0.25, 0.3) is 0 Å². The zero-order valence-electron chi connectivity index (χ0n) is 9.33. The minimum Gasteiger partial charge on any atom is -0.384 e. The quantitative estimate of drug-likeness (QED) is 0.752. The highest BCUT2D eigenvalue weighted by Crippen LogP contribution is 2.06. The Bertz CT molecular complexity index is 362. The molecule has 1 N–H and O–H groups in total. The molecule has 15 heavy (non-hydrogen) atoms. The molecule has 0 bridgehead atoms. The molecule has 0 aliphatic carbocycles. The van der Waals surface area contributed by atoms with Crippen LogP contribution in [0.25, 0.3) is 0 Å². The topological polar surface area (TPSA) is 23.5 Å². The van der Waals surface area contributed by atoms with E-state index in [0.717, 1.165) is 18.7 Å². The lowest BCUT2D eigenvalue weighted by Gasteiger charge is -2.13. The molecule has 0 spiro atoms. The number of hydrogen-bond donors (Lipinski definition) is 1. The molecule has 0 saturated heterocycles. The summed E-state index contributed by atoms with van der Waals surface area (Å²) in [5, 5.41) is 8.60. The standard InChI is InChI=1S/C13H17NO/c1-3-14(2)11-13-7-4-6-12(10-13)8-5-9-15/h4,6-7,10,15H,3,9,11H2,1-2H3. The Hall–Kier alpha value is -1.30. The molecule has 1 aromatic carbocycles. The number of hydrogen-bond acceptors (Lipinski definition) is 2. The van der Waals surface area contributed by atoms with Crippen LogP contribution in [0.4, 0.5) is 0 Å². The third-order valence-electron chi connectivity index (χ3n) is 2.23. The van der Waals surface area contributed by atoms with Crippen molar-refractivity contribution < 1.29 is 5.11 Å². The highest BCUT2D eigenvalue weighted by molar-refractivity contribution is 5.37. The van der Waals surface area contributed by atoms with E-state index < -0.39 is 0 Å². The fraction of sp³-hybridized carbons (Fsp3) is 0.385. The number of aliphatic hydroxyl groups excluding tert-OH is 1. The summed E-state index contributed by atoms with van der Waals surface area (Å²) in [4.78, 5) is 2.23. The molecule has 1 rings (SSSR count). The monoisotopic (exact) mass is 203 g/mol. The van der Waals surface area contributed by atoms with Gasteiger partial charge in [-0.05, 0) is 31.3 Å². The maximum atomic E-state index is 8.60. The Labute approximate surface area is 91.5 Å². The summed E-state index contributed by atoms with van der Waals surface area (Å²) >= 11 is 0. The van der Waals surface area contributed by atoms with Crippen LogP contribution in [-0.4, -0.2) is 30.2 Å². The third-order valence-corrected chi connectivity index (χ3v) is 2.23. The minimum atomic E-state index is -0.0842. The molecule has 0 saturated carbocycles. The van der Waals surface area contributed by atoms with Crippen LogP contribution < -0.4 is 0 Å². The Morgan fingerprint density at radius 2 is 2.20 bits per heavy atom. The van der Waals surface area contributed by atoms with E-state index in [-0.39, 0.29) is 6.61 Å². The first-order valence-corrected chi connectivity index (χ1v) is 5.13. The Balaban J connectivity index is 2.74. The third kappa shape index (κ3) is 4.16. The van der Waals surface area contributed by atoms with E-state index in [1.165, 1.54) is 5.56 Å². The van der Waals surface area contributed by atoms with Crippen LogP contribution in [0, 0.1) is 11.8 Å². The minimum absolute atomic E-state index is 0.0842. The first-order chi connectivity index (χ1) is 7.26. The van der Waals surface area contributed by atoms with Crippen LogP contribution in [-0.2, 0) is 6.54 Å². The zero-order chi connectivity index (χ0) is 11.1. The van der Waals surface area contributed by atoms with E-state index in [1.54, 1.807) is 0 Å². The van der Waals surface area contributed by atoms with Gasteiger partial charge in [0.05, 0.1) is 0 Å². The second kappa shape index (κ2) is 6.23. The highest BCUT2D eigenvalue weighted by atomic mass is 16.2. The molecular weight excluding hydrogens is 186 g/mol. The average Bonchev–Trinajstić information content (AvgIpc) is 2.26. The Kier molecular flexibility index (Phi) is 4.89. The van der Waals surface area contributed by atoms with Crippen molar-refractivity contribution in [3.05, 3.63) is 35.4 Å². The van der Waals surface area contributed by atoms with Crippen molar-refractivity contribution >= 4 is 0 Å². The molecule has 0 atom stereocenters. The summed E-state index contributed by atoms with van der Waals surface area (Å²) in [7, 11) is 2.09. The van der Waals surface area contributed by atoms with Crippen molar-refractivity contribution in [2.24, 2.45) is 0 Å². The van der Waals surface area contributed by atoms with Crippen LogP contribution in [0.1, 0.15) is 18.1 Å². The van der Waals surface area contributed by atoms with Gasteiger partial charge in [-0.3, -0.25) is 0 Å². The summed E-state index contributed by atoms with van der Waals surface area (Å²) in [6.07, 6.45) is 0. The summed E-state index contributed by atoms with van der Waals surface area (Å²) in [6.45, 7) is 4.02. The fourth-order valence-corrected chi connectivity index (χ4v) is 1.31. The maximum Gasteiger partial charge on any atom is 0.104 e. The molecule has 0 radical (unpaired) electrons. The van der Waals surface area contributed by atoms with E-state index in [0.29, 0.717) is 0 Å². The van der Waals surface area contributed by atoms with Gasteiger partial charge in [0.1, 0.15) is 6.61 Å². The van der Waals surface area contributed by atoms with Gasteiger partial charge in [0.15, 0.2) is 0 Å². The first kappa shape index (κ1) is 11.8. The van der Waals surface area contributed by atoms with E-state index in [2.05, 4.69) is 42.8 Å². The van der Waals surface area contributed by atoms with Crippen LogP contribution >= 0.6 is 0 Å². The number of rotatable bonds is 3. The maximum absolute atomic E-state index is 8.60. The summed E-state index contributed by atoms with van der Waals surface area (Å²) in [5.41, 5.74) is 2.22. The second-order valence-electron chi connectivity index (χ2n) is 3.49. The zero-order valence-corrected chi connectivity index (χ0v) is 9.33. The van der Waals surface area contributed by atoms with Gasteiger partial charge < -0.3 is 10.0 Å². The van der Waals surface area contributed by atoms with Gasteiger partial charge in [-0.25, -0.2) is 0 Å². The fourth-order valence-electron chi connectivity index (χ4n) is 1.31. The number of benzene rings is 1. The molecule has 2 nitrogen and oxygen atoms in total. The van der Waals surface area contributed by atoms with Crippen molar-refractivity contribution in [1.29, 1.82) is 0 Å². The van der Waals surface area contributed by atoms with Crippen molar-refractivity contribution in [2.45, 2.75) is 13.5 Å². The molecule has 0 fully saturated rings. The Morgan fingerprint density at radius 1 is 1.40 bits per heavy atom. The molecule has 0 heterocycles. The molecule has 0 aliphatic rings. The van der Waals surface area contributed by atoms with E-state index >= 15 is 0 Å². The van der Waals surface area contributed by atoms with Crippen molar-refractivity contribution in [1.82, 2.24) is 4.90 Å². The normalized spacial score (nSPS) is 9.87. The molecule has 2 heteroatoms. The SMILES string of the molecule is CCN(C)Cc1cccc(C#CCO)c1. The van der Waals surface area contributed by atoms with Gasteiger partial charge in [-0.1, -0.05) is 30.9 Å². The van der Waals surface area contributed by atoms with Gasteiger partial charge >= 0.3 is 0 Å². The van der Waals surface area contributed by atoms with Crippen molar-refractivity contribution in [3.8, 4) is 11.8 Å². The molecule has 80 valence electrons. The van der Waals surface area contributed by atoms with Gasteiger partial charge in [-0.2, -0.15) is 0 Å². The number of aliphatic hydroxyl groups is 1. The molecular formula is C13H17NO. The number of nitrogens with zero attached hydrogens (tertiary/aromatic N) is 1. The summed E-state index contributed by atoms with van der Waals surface area (Å²) in [6, 6.07) is 8.11. The summed E-state index contributed by atoms with van der Waals surface area (Å²) < 4.78 is 0. The Morgan fingerprint density at radius 3 is 2.87 bits per heavy atom. The van der Waals surface area contributed by atoms with Crippen molar-refractivity contribution in [2.75, 3.05) is 20.2 Å². The van der Waals surface area contributed by atoms with Crippen LogP contribution in [0.15, 0.2) is 24.3 Å². The molecule has 0 unspecified atom stereocenters. The van der Waals surface area contributed by atoms with Crippen LogP contribution in [0.5, 0.6) is 0 Å². The lowest BCUT2D eigenvalue weighted by Crippen LogP contribution is -2.16. The smallest absolute Gasteiger partial charge is 0.104 e. The van der Waals surface area contributed by atoms with Gasteiger partial charge in [0, 0.05) is 12.1 Å². The van der Waals surface area contributed by atoms with E-state index in [4.69, 9.17) is 5.11 Å². The second-order valence-corrected chi connectivity index (χ2v) is 3.49. The van der Waals surface area contributed by atoms with E-state index in [9.17, 15) is 0 Å². The van der Waals surface area contributed by atoms with Crippen LogP contribution in [0.2, 0.25) is 0 Å². The lowest BCUT2D eigenvalue weighted by atomic mass is 10.1. The summed E-state index contributed by atoms with van der Waals surface area (Å²) in [5.74, 6) is 5.56. The first-order valence-electron chi connectivity index (χ1n) is 5.13. The largest absolute Gasteiger partial charge is 0.384 e. The molecule has 0 amide bonds. The van der Waals surface area contributed by atoms with Gasteiger partial charge in [-0.15, -0.1) is 0 Å². The predicted octanol–water partition coefficient (Wildman–Crippen LogP) is 1.48. The van der Waals surface area contributed by atoms with Gasteiger partial charge in [0.2, 0.25) is 0 Å². The highest BCUT2D eigenvalue weighted by Gasteiger charge is 1.97. The van der Waals surface area contributed by atoms with E-state index in [1.807, 2.05) is 12.1 Å². The lowest BCUT2D eigenvalue weighted by molar-refractivity contribution is 0.346. The average molecular weight is 203 g/mol. The van der Waals surface area contributed by atoms with Crippen LogP contribution in [0.3, 0.4) is 0 Å². The molecule has 0 aromatic heterocycles.